The summed E-state index contributed by atoms with van der Waals surface area (Å²) in [5.74, 6) is -0.433. The van der Waals surface area contributed by atoms with E-state index in [9.17, 15) is 10.2 Å². The van der Waals surface area contributed by atoms with Gasteiger partial charge in [-0.2, -0.15) is 0 Å². The molecule has 0 aliphatic carbocycles. The SMILES string of the molecule is CC(C)NC(C)(O)c1ccc(O)c(O)c1. The highest BCUT2D eigenvalue weighted by Gasteiger charge is 2.24. The fourth-order valence-corrected chi connectivity index (χ4v) is 1.47. The van der Waals surface area contributed by atoms with E-state index in [-0.39, 0.29) is 17.5 Å². The van der Waals surface area contributed by atoms with Crippen LogP contribution < -0.4 is 5.32 Å². The Labute approximate surface area is 89.2 Å². The lowest BCUT2D eigenvalue weighted by molar-refractivity contribution is 0.0115. The average molecular weight is 211 g/mol. The molecule has 0 aliphatic heterocycles. The maximum absolute atomic E-state index is 10.1. The van der Waals surface area contributed by atoms with Gasteiger partial charge in [-0.15, -0.1) is 0 Å². The molecule has 0 saturated heterocycles. The predicted molar refractivity (Wildman–Crippen MR) is 57.6 cm³/mol. The topological polar surface area (TPSA) is 72.7 Å². The van der Waals surface area contributed by atoms with E-state index in [4.69, 9.17) is 5.11 Å². The third-order valence-corrected chi connectivity index (χ3v) is 2.11. The summed E-state index contributed by atoms with van der Waals surface area (Å²) in [6.07, 6.45) is 0. The summed E-state index contributed by atoms with van der Waals surface area (Å²) in [5, 5.41) is 31.5. The molecule has 4 heteroatoms. The third-order valence-electron chi connectivity index (χ3n) is 2.11. The van der Waals surface area contributed by atoms with Crippen molar-refractivity contribution in [3.8, 4) is 11.5 Å². The first-order valence-corrected chi connectivity index (χ1v) is 4.85. The second kappa shape index (κ2) is 4.08. The van der Waals surface area contributed by atoms with Crippen LogP contribution in [0.2, 0.25) is 0 Å². The first-order chi connectivity index (χ1) is 6.83. The van der Waals surface area contributed by atoms with Crippen molar-refractivity contribution in [2.75, 3.05) is 0 Å². The van der Waals surface area contributed by atoms with E-state index in [0.717, 1.165) is 0 Å². The van der Waals surface area contributed by atoms with Crippen molar-refractivity contribution >= 4 is 0 Å². The molecule has 1 aromatic rings. The standard InChI is InChI=1S/C11H17NO3/c1-7(2)12-11(3,15)8-4-5-9(13)10(14)6-8/h4-7,12-15H,1-3H3. The van der Waals surface area contributed by atoms with Crippen LogP contribution in [0.4, 0.5) is 0 Å². The molecule has 0 saturated carbocycles. The molecule has 4 nitrogen and oxygen atoms in total. The van der Waals surface area contributed by atoms with Gasteiger partial charge in [0.1, 0.15) is 5.72 Å². The summed E-state index contributed by atoms with van der Waals surface area (Å²) in [6, 6.07) is 4.35. The fraction of sp³-hybridized carbons (Fsp3) is 0.455. The van der Waals surface area contributed by atoms with Crippen LogP contribution in [0.3, 0.4) is 0 Å². The first kappa shape index (κ1) is 11.8. The smallest absolute Gasteiger partial charge is 0.157 e. The molecule has 0 aliphatic rings. The summed E-state index contributed by atoms with van der Waals surface area (Å²) >= 11 is 0. The monoisotopic (exact) mass is 211 g/mol. The van der Waals surface area contributed by atoms with Crippen LogP contribution in [0.15, 0.2) is 18.2 Å². The minimum Gasteiger partial charge on any atom is -0.504 e. The number of phenols is 2. The van der Waals surface area contributed by atoms with Gasteiger partial charge in [0, 0.05) is 11.6 Å². The number of nitrogens with one attached hydrogen (secondary N) is 1. The number of aromatic hydroxyl groups is 2. The van der Waals surface area contributed by atoms with Gasteiger partial charge < -0.3 is 15.3 Å². The maximum atomic E-state index is 10.1. The largest absolute Gasteiger partial charge is 0.504 e. The fourth-order valence-electron chi connectivity index (χ4n) is 1.47. The molecule has 1 aromatic carbocycles. The van der Waals surface area contributed by atoms with Gasteiger partial charge in [-0.3, -0.25) is 5.32 Å². The van der Waals surface area contributed by atoms with E-state index in [0.29, 0.717) is 5.56 Å². The molecule has 1 unspecified atom stereocenters. The second-order valence-electron chi connectivity index (χ2n) is 4.07. The Bertz CT molecular complexity index is 348. The number of aliphatic hydroxyl groups is 1. The van der Waals surface area contributed by atoms with Crippen molar-refractivity contribution in [2.24, 2.45) is 0 Å². The summed E-state index contributed by atoms with van der Waals surface area (Å²) in [6.45, 7) is 5.42. The van der Waals surface area contributed by atoms with Gasteiger partial charge in [-0.25, -0.2) is 0 Å². The zero-order chi connectivity index (χ0) is 11.6. The van der Waals surface area contributed by atoms with Crippen LogP contribution >= 0.6 is 0 Å². The summed E-state index contributed by atoms with van der Waals surface area (Å²) < 4.78 is 0. The highest BCUT2D eigenvalue weighted by molar-refractivity contribution is 5.42. The number of hydrogen-bond donors (Lipinski definition) is 4. The highest BCUT2D eigenvalue weighted by Crippen LogP contribution is 2.29. The molecule has 1 rings (SSSR count). The quantitative estimate of drug-likeness (QED) is 0.448. The van der Waals surface area contributed by atoms with E-state index in [1.54, 1.807) is 13.0 Å². The van der Waals surface area contributed by atoms with Crippen molar-refractivity contribution in [1.82, 2.24) is 5.32 Å². The molecule has 0 amide bonds. The lowest BCUT2D eigenvalue weighted by Gasteiger charge is -2.27. The molecule has 0 aromatic heterocycles. The molecule has 0 spiro atoms. The number of phenolic OH excluding ortho intramolecular Hbond substituents is 2. The molecule has 4 N–H and O–H groups in total. The molecule has 84 valence electrons. The first-order valence-electron chi connectivity index (χ1n) is 4.85. The van der Waals surface area contributed by atoms with E-state index in [2.05, 4.69) is 5.32 Å². The van der Waals surface area contributed by atoms with Gasteiger partial charge in [-0.05, 0) is 32.9 Å². The van der Waals surface area contributed by atoms with Gasteiger partial charge in [0.2, 0.25) is 0 Å². The Kier molecular flexibility index (Phi) is 3.21. The molecule has 15 heavy (non-hydrogen) atoms. The van der Waals surface area contributed by atoms with E-state index >= 15 is 0 Å². The zero-order valence-corrected chi connectivity index (χ0v) is 9.15. The van der Waals surface area contributed by atoms with Crippen LogP contribution in [-0.2, 0) is 5.72 Å². The van der Waals surface area contributed by atoms with Crippen LogP contribution in [0, 0.1) is 0 Å². The minimum absolute atomic E-state index is 0.107. The Hall–Kier alpha value is -1.26. The number of rotatable bonds is 3. The average Bonchev–Trinajstić information content (AvgIpc) is 2.07. The molecule has 1 atom stereocenters. The molecular weight excluding hydrogens is 194 g/mol. The number of benzene rings is 1. The van der Waals surface area contributed by atoms with Crippen molar-refractivity contribution in [1.29, 1.82) is 0 Å². The van der Waals surface area contributed by atoms with E-state index in [1.807, 2.05) is 13.8 Å². The lowest BCUT2D eigenvalue weighted by Crippen LogP contribution is -2.43. The van der Waals surface area contributed by atoms with Gasteiger partial charge >= 0.3 is 0 Å². The van der Waals surface area contributed by atoms with E-state index < -0.39 is 5.72 Å². The van der Waals surface area contributed by atoms with Crippen LogP contribution in [0.25, 0.3) is 0 Å². The van der Waals surface area contributed by atoms with Gasteiger partial charge in [0.25, 0.3) is 0 Å². The van der Waals surface area contributed by atoms with Crippen molar-refractivity contribution in [3.63, 3.8) is 0 Å². The van der Waals surface area contributed by atoms with Crippen LogP contribution in [0.1, 0.15) is 26.3 Å². The Morgan fingerprint density at radius 3 is 2.27 bits per heavy atom. The number of hydrogen-bond acceptors (Lipinski definition) is 4. The highest BCUT2D eigenvalue weighted by atomic mass is 16.3. The Morgan fingerprint density at radius 2 is 1.80 bits per heavy atom. The van der Waals surface area contributed by atoms with Crippen molar-refractivity contribution < 1.29 is 15.3 Å². The Morgan fingerprint density at radius 1 is 1.20 bits per heavy atom. The third kappa shape index (κ3) is 2.84. The second-order valence-corrected chi connectivity index (χ2v) is 4.07. The summed E-state index contributed by atoms with van der Waals surface area (Å²) in [4.78, 5) is 0. The van der Waals surface area contributed by atoms with Crippen molar-refractivity contribution in [3.05, 3.63) is 23.8 Å². The normalized spacial score (nSPS) is 15.3. The molecule has 0 bridgehead atoms. The minimum atomic E-state index is -1.22. The molecule has 0 fully saturated rings. The Balaban J connectivity index is 2.99. The van der Waals surface area contributed by atoms with Crippen molar-refractivity contribution in [2.45, 2.75) is 32.5 Å². The maximum Gasteiger partial charge on any atom is 0.157 e. The molecular formula is C11H17NO3. The summed E-state index contributed by atoms with van der Waals surface area (Å²) in [7, 11) is 0. The van der Waals surface area contributed by atoms with Gasteiger partial charge in [-0.1, -0.05) is 6.07 Å². The molecule has 0 radical (unpaired) electrons. The van der Waals surface area contributed by atoms with Gasteiger partial charge in [0.15, 0.2) is 11.5 Å². The van der Waals surface area contributed by atoms with Crippen LogP contribution in [-0.4, -0.2) is 21.4 Å². The lowest BCUT2D eigenvalue weighted by atomic mass is 10.0. The molecule has 0 heterocycles. The predicted octanol–water partition coefficient (Wildman–Crippen LogP) is 1.26. The summed E-state index contributed by atoms with van der Waals surface area (Å²) in [5.41, 5.74) is -0.717. The zero-order valence-electron chi connectivity index (χ0n) is 9.15. The van der Waals surface area contributed by atoms with Gasteiger partial charge in [0.05, 0.1) is 0 Å². The van der Waals surface area contributed by atoms with E-state index in [1.165, 1.54) is 12.1 Å². The van der Waals surface area contributed by atoms with Crippen LogP contribution in [0.5, 0.6) is 11.5 Å².